The standard InChI is InChI=1S/C14H24N2/c1-14(2,3)13(16-11-7-10-15)12-8-5-4-6-9-12/h4-6,8-9,13,16H,7,10-11,15H2,1-3H3. The van der Waals surface area contributed by atoms with Crippen molar-refractivity contribution in [2.75, 3.05) is 13.1 Å². The third kappa shape index (κ3) is 3.95. The van der Waals surface area contributed by atoms with Crippen LogP contribution in [0.3, 0.4) is 0 Å². The minimum absolute atomic E-state index is 0.218. The summed E-state index contributed by atoms with van der Waals surface area (Å²) in [6.45, 7) is 8.52. The minimum Gasteiger partial charge on any atom is -0.330 e. The van der Waals surface area contributed by atoms with Crippen molar-refractivity contribution in [2.24, 2.45) is 11.1 Å². The molecule has 1 rings (SSSR count). The van der Waals surface area contributed by atoms with Gasteiger partial charge < -0.3 is 11.1 Å². The van der Waals surface area contributed by atoms with Crippen molar-refractivity contribution in [3.63, 3.8) is 0 Å². The van der Waals surface area contributed by atoms with Gasteiger partial charge in [-0.05, 0) is 30.5 Å². The van der Waals surface area contributed by atoms with Crippen LogP contribution in [0.25, 0.3) is 0 Å². The van der Waals surface area contributed by atoms with E-state index in [1.165, 1.54) is 5.56 Å². The lowest BCUT2D eigenvalue weighted by Crippen LogP contribution is -2.33. The zero-order chi connectivity index (χ0) is 12.0. The molecule has 0 bridgehead atoms. The Morgan fingerprint density at radius 3 is 2.31 bits per heavy atom. The Morgan fingerprint density at radius 1 is 1.19 bits per heavy atom. The summed E-state index contributed by atoms with van der Waals surface area (Å²) >= 11 is 0. The largest absolute Gasteiger partial charge is 0.330 e. The van der Waals surface area contributed by atoms with Gasteiger partial charge in [0.15, 0.2) is 0 Å². The molecule has 0 aliphatic rings. The fraction of sp³-hybridized carbons (Fsp3) is 0.571. The van der Waals surface area contributed by atoms with E-state index in [0.717, 1.165) is 19.5 Å². The Labute approximate surface area is 99.2 Å². The van der Waals surface area contributed by atoms with Crippen LogP contribution in [-0.4, -0.2) is 13.1 Å². The molecule has 3 N–H and O–H groups in total. The molecule has 2 nitrogen and oxygen atoms in total. The Bertz CT molecular complexity index is 287. The highest BCUT2D eigenvalue weighted by molar-refractivity contribution is 5.20. The molecule has 0 radical (unpaired) electrons. The van der Waals surface area contributed by atoms with Crippen LogP contribution >= 0.6 is 0 Å². The van der Waals surface area contributed by atoms with Crippen LogP contribution in [-0.2, 0) is 0 Å². The minimum atomic E-state index is 0.218. The molecule has 0 amide bonds. The van der Waals surface area contributed by atoms with Gasteiger partial charge in [-0.1, -0.05) is 51.1 Å². The predicted molar refractivity (Wildman–Crippen MR) is 70.3 cm³/mol. The van der Waals surface area contributed by atoms with E-state index in [-0.39, 0.29) is 5.41 Å². The maximum absolute atomic E-state index is 5.52. The van der Waals surface area contributed by atoms with Crippen molar-refractivity contribution in [1.29, 1.82) is 0 Å². The summed E-state index contributed by atoms with van der Waals surface area (Å²) in [5.74, 6) is 0. The molecule has 90 valence electrons. The van der Waals surface area contributed by atoms with Crippen molar-refractivity contribution in [2.45, 2.75) is 33.2 Å². The van der Waals surface area contributed by atoms with Gasteiger partial charge in [0.25, 0.3) is 0 Å². The summed E-state index contributed by atoms with van der Waals surface area (Å²) in [6.07, 6.45) is 1.03. The monoisotopic (exact) mass is 220 g/mol. The zero-order valence-corrected chi connectivity index (χ0v) is 10.7. The number of benzene rings is 1. The number of nitrogens with one attached hydrogen (secondary N) is 1. The summed E-state index contributed by atoms with van der Waals surface area (Å²) < 4.78 is 0. The summed E-state index contributed by atoms with van der Waals surface area (Å²) in [4.78, 5) is 0. The first-order valence-electron chi connectivity index (χ1n) is 6.04. The summed E-state index contributed by atoms with van der Waals surface area (Å²) in [5.41, 5.74) is 7.09. The fourth-order valence-electron chi connectivity index (χ4n) is 1.92. The van der Waals surface area contributed by atoms with Crippen LogP contribution in [0.4, 0.5) is 0 Å². The summed E-state index contributed by atoms with van der Waals surface area (Å²) in [6, 6.07) is 11.0. The molecule has 16 heavy (non-hydrogen) atoms. The van der Waals surface area contributed by atoms with Crippen LogP contribution < -0.4 is 11.1 Å². The Balaban J connectivity index is 2.73. The highest BCUT2D eigenvalue weighted by Gasteiger charge is 2.25. The molecule has 0 aliphatic carbocycles. The van der Waals surface area contributed by atoms with Crippen LogP contribution in [0.1, 0.15) is 38.8 Å². The summed E-state index contributed by atoms with van der Waals surface area (Å²) in [7, 11) is 0. The maximum Gasteiger partial charge on any atom is 0.0369 e. The van der Waals surface area contributed by atoms with Crippen LogP contribution in [0.2, 0.25) is 0 Å². The molecule has 0 aromatic heterocycles. The third-order valence-corrected chi connectivity index (χ3v) is 2.73. The van der Waals surface area contributed by atoms with E-state index in [9.17, 15) is 0 Å². The molecule has 0 saturated carbocycles. The molecule has 1 unspecified atom stereocenters. The molecule has 0 spiro atoms. The Kier molecular flexibility index (Phi) is 4.97. The first-order chi connectivity index (χ1) is 7.55. The van der Waals surface area contributed by atoms with E-state index in [0.29, 0.717) is 6.04 Å². The van der Waals surface area contributed by atoms with Crippen molar-refractivity contribution >= 4 is 0 Å². The molecular formula is C14H24N2. The van der Waals surface area contributed by atoms with Gasteiger partial charge >= 0.3 is 0 Å². The Hall–Kier alpha value is -0.860. The lowest BCUT2D eigenvalue weighted by molar-refractivity contribution is 0.272. The molecule has 0 fully saturated rings. The third-order valence-electron chi connectivity index (χ3n) is 2.73. The van der Waals surface area contributed by atoms with E-state index in [1.807, 2.05) is 0 Å². The molecule has 1 aromatic rings. The lowest BCUT2D eigenvalue weighted by Gasteiger charge is -2.32. The first-order valence-corrected chi connectivity index (χ1v) is 6.04. The molecule has 1 atom stereocenters. The average molecular weight is 220 g/mol. The van der Waals surface area contributed by atoms with Gasteiger partial charge in [0, 0.05) is 6.04 Å². The van der Waals surface area contributed by atoms with E-state index in [2.05, 4.69) is 56.4 Å². The topological polar surface area (TPSA) is 38.0 Å². The molecular weight excluding hydrogens is 196 g/mol. The van der Waals surface area contributed by atoms with E-state index in [4.69, 9.17) is 5.73 Å². The second-order valence-electron chi connectivity index (χ2n) is 5.31. The van der Waals surface area contributed by atoms with E-state index in [1.54, 1.807) is 0 Å². The maximum atomic E-state index is 5.52. The lowest BCUT2D eigenvalue weighted by atomic mass is 9.82. The van der Waals surface area contributed by atoms with Crippen LogP contribution in [0, 0.1) is 5.41 Å². The molecule has 2 heteroatoms. The van der Waals surface area contributed by atoms with Crippen LogP contribution in [0.15, 0.2) is 30.3 Å². The van der Waals surface area contributed by atoms with E-state index < -0.39 is 0 Å². The molecule has 0 heterocycles. The first kappa shape index (κ1) is 13.2. The summed E-state index contributed by atoms with van der Waals surface area (Å²) in [5, 5.41) is 3.60. The predicted octanol–water partition coefficient (Wildman–Crippen LogP) is 2.71. The second-order valence-corrected chi connectivity index (χ2v) is 5.31. The SMILES string of the molecule is CC(C)(C)C(NCCCN)c1ccccc1. The van der Waals surface area contributed by atoms with Gasteiger partial charge in [0.1, 0.15) is 0 Å². The second kappa shape index (κ2) is 6.02. The molecule has 0 aliphatic heterocycles. The fourth-order valence-corrected chi connectivity index (χ4v) is 1.92. The normalized spacial score (nSPS) is 13.8. The number of rotatable bonds is 5. The highest BCUT2D eigenvalue weighted by Crippen LogP contribution is 2.32. The molecule has 1 aromatic carbocycles. The van der Waals surface area contributed by atoms with Gasteiger partial charge in [0.05, 0.1) is 0 Å². The highest BCUT2D eigenvalue weighted by atomic mass is 14.9. The van der Waals surface area contributed by atoms with Gasteiger partial charge in [0.2, 0.25) is 0 Å². The quantitative estimate of drug-likeness (QED) is 0.749. The molecule has 0 saturated heterocycles. The van der Waals surface area contributed by atoms with Crippen molar-refractivity contribution in [3.8, 4) is 0 Å². The van der Waals surface area contributed by atoms with Crippen molar-refractivity contribution in [1.82, 2.24) is 5.32 Å². The van der Waals surface area contributed by atoms with E-state index >= 15 is 0 Å². The van der Waals surface area contributed by atoms with Gasteiger partial charge in [-0.3, -0.25) is 0 Å². The van der Waals surface area contributed by atoms with Gasteiger partial charge in [-0.25, -0.2) is 0 Å². The van der Waals surface area contributed by atoms with Crippen LogP contribution in [0.5, 0.6) is 0 Å². The number of hydrogen-bond donors (Lipinski definition) is 2. The smallest absolute Gasteiger partial charge is 0.0369 e. The zero-order valence-electron chi connectivity index (χ0n) is 10.7. The van der Waals surface area contributed by atoms with Crippen molar-refractivity contribution in [3.05, 3.63) is 35.9 Å². The van der Waals surface area contributed by atoms with Gasteiger partial charge in [-0.15, -0.1) is 0 Å². The number of hydrogen-bond acceptors (Lipinski definition) is 2. The number of nitrogens with two attached hydrogens (primary N) is 1. The van der Waals surface area contributed by atoms with Gasteiger partial charge in [-0.2, -0.15) is 0 Å². The van der Waals surface area contributed by atoms with Crippen molar-refractivity contribution < 1.29 is 0 Å². The Morgan fingerprint density at radius 2 is 1.81 bits per heavy atom. The average Bonchev–Trinajstić information content (AvgIpc) is 2.24.